The molecule has 3 rings (SSSR count). The molecule has 0 spiro atoms. The number of hydrogen-bond acceptors (Lipinski definition) is 6. The summed E-state index contributed by atoms with van der Waals surface area (Å²) in [4.78, 5) is 32.7. The lowest BCUT2D eigenvalue weighted by molar-refractivity contribution is -0.113. The number of fused-ring (bicyclic) bond motifs is 1. The number of thiophene rings is 1. The largest absolute Gasteiger partial charge is 0.369 e. The standard InChI is InChI=1S/C22H26N4O2S2/c1-5-12-26-21(28)18-11-13-29-20(18)24-22(26)30-14-19(27)23-16-7-9-17(10-8-16)25(6-2)15(3)4/h5,7-11,13,15H,1,6,12,14H2,2-4H3,(H,23,27). The van der Waals surface area contributed by atoms with E-state index in [9.17, 15) is 9.59 Å². The van der Waals surface area contributed by atoms with Gasteiger partial charge in [-0.15, -0.1) is 17.9 Å². The van der Waals surface area contributed by atoms with Gasteiger partial charge in [0.1, 0.15) is 4.83 Å². The molecule has 0 saturated heterocycles. The van der Waals surface area contributed by atoms with E-state index in [1.807, 2.05) is 29.6 Å². The maximum Gasteiger partial charge on any atom is 0.263 e. The van der Waals surface area contributed by atoms with Crippen LogP contribution in [0.4, 0.5) is 11.4 Å². The molecule has 6 nitrogen and oxygen atoms in total. The third-order valence-electron chi connectivity index (χ3n) is 4.64. The number of carbonyl (C=O) groups excluding carboxylic acids is 1. The van der Waals surface area contributed by atoms with Crippen LogP contribution in [-0.4, -0.2) is 33.8 Å². The molecule has 0 saturated carbocycles. The Morgan fingerprint density at radius 3 is 2.70 bits per heavy atom. The van der Waals surface area contributed by atoms with Crippen LogP contribution < -0.4 is 15.8 Å². The van der Waals surface area contributed by atoms with Crippen LogP contribution in [0.1, 0.15) is 20.8 Å². The Balaban J connectivity index is 1.68. The predicted octanol–water partition coefficient (Wildman–Crippen LogP) is 4.61. The fourth-order valence-corrected chi connectivity index (χ4v) is 4.85. The SMILES string of the molecule is C=CCn1c(SCC(=O)Nc2ccc(N(CC)C(C)C)cc2)nc2sccc2c1=O. The molecule has 0 radical (unpaired) electrons. The number of allylic oxidation sites excluding steroid dienone is 1. The van der Waals surface area contributed by atoms with Crippen molar-refractivity contribution in [3.05, 3.63) is 58.7 Å². The van der Waals surface area contributed by atoms with Gasteiger partial charge in [0.05, 0.1) is 11.1 Å². The van der Waals surface area contributed by atoms with Crippen LogP contribution in [-0.2, 0) is 11.3 Å². The van der Waals surface area contributed by atoms with Crippen molar-refractivity contribution in [3.8, 4) is 0 Å². The molecule has 158 valence electrons. The lowest BCUT2D eigenvalue weighted by Crippen LogP contribution is -2.30. The average Bonchev–Trinajstić information content (AvgIpc) is 3.19. The van der Waals surface area contributed by atoms with Gasteiger partial charge < -0.3 is 10.2 Å². The van der Waals surface area contributed by atoms with Crippen LogP contribution in [0, 0.1) is 0 Å². The van der Waals surface area contributed by atoms with Crippen molar-refractivity contribution in [1.82, 2.24) is 9.55 Å². The minimum atomic E-state index is -0.144. The Morgan fingerprint density at radius 1 is 1.33 bits per heavy atom. The van der Waals surface area contributed by atoms with Crippen LogP contribution in [0.5, 0.6) is 0 Å². The highest BCUT2D eigenvalue weighted by atomic mass is 32.2. The number of carbonyl (C=O) groups is 1. The van der Waals surface area contributed by atoms with E-state index in [1.54, 1.807) is 16.7 Å². The molecule has 0 aliphatic rings. The second-order valence-corrected chi connectivity index (χ2v) is 8.84. The number of nitrogens with one attached hydrogen (secondary N) is 1. The second-order valence-electron chi connectivity index (χ2n) is 7.00. The molecule has 2 aromatic heterocycles. The third kappa shape index (κ3) is 4.94. The van der Waals surface area contributed by atoms with Gasteiger partial charge in [0.25, 0.3) is 5.56 Å². The Labute approximate surface area is 184 Å². The van der Waals surface area contributed by atoms with E-state index >= 15 is 0 Å². The van der Waals surface area contributed by atoms with E-state index in [1.165, 1.54) is 23.1 Å². The first-order chi connectivity index (χ1) is 14.4. The van der Waals surface area contributed by atoms with Gasteiger partial charge in [-0.25, -0.2) is 4.98 Å². The molecule has 3 aromatic rings. The lowest BCUT2D eigenvalue weighted by atomic mass is 10.2. The molecule has 0 aliphatic carbocycles. The van der Waals surface area contributed by atoms with Gasteiger partial charge in [-0.2, -0.15) is 0 Å². The molecule has 30 heavy (non-hydrogen) atoms. The van der Waals surface area contributed by atoms with Gasteiger partial charge in [-0.05, 0) is 56.5 Å². The molecule has 0 fully saturated rings. The van der Waals surface area contributed by atoms with Crippen molar-refractivity contribution in [2.24, 2.45) is 0 Å². The summed E-state index contributed by atoms with van der Waals surface area (Å²) in [7, 11) is 0. The second kappa shape index (κ2) is 9.95. The number of amides is 1. The summed E-state index contributed by atoms with van der Waals surface area (Å²) in [5, 5.41) is 5.88. The zero-order valence-electron chi connectivity index (χ0n) is 17.4. The van der Waals surface area contributed by atoms with E-state index < -0.39 is 0 Å². The Morgan fingerprint density at radius 2 is 2.07 bits per heavy atom. The van der Waals surface area contributed by atoms with Gasteiger partial charge in [0.15, 0.2) is 5.16 Å². The smallest absolute Gasteiger partial charge is 0.263 e. The number of hydrogen-bond donors (Lipinski definition) is 1. The maximum absolute atomic E-state index is 12.7. The topological polar surface area (TPSA) is 67.2 Å². The molecule has 1 aromatic carbocycles. The number of thioether (sulfide) groups is 1. The molecular formula is C22H26N4O2S2. The maximum atomic E-state index is 12.7. The fourth-order valence-electron chi connectivity index (χ4n) is 3.24. The number of benzene rings is 1. The van der Waals surface area contributed by atoms with Gasteiger partial charge in [0, 0.05) is 30.5 Å². The molecular weight excluding hydrogens is 416 g/mol. The van der Waals surface area contributed by atoms with Gasteiger partial charge >= 0.3 is 0 Å². The van der Waals surface area contributed by atoms with E-state index in [2.05, 4.69) is 42.6 Å². The Bertz CT molecular complexity index is 1090. The summed E-state index contributed by atoms with van der Waals surface area (Å²) < 4.78 is 1.56. The van der Waals surface area contributed by atoms with Crippen molar-refractivity contribution in [2.45, 2.75) is 38.5 Å². The van der Waals surface area contributed by atoms with Crippen molar-refractivity contribution in [2.75, 3.05) is 22.5 Å². The van der Waals surface area contributed by atoms with Crippen LogP contribution in [0.25, 0.3) is 10.2 Å². The zero-order valence-corrected chi connectivity index (χ0v) is 19.1. The van der Waals surface area contributed by atoms with Crippen molar-refractivity contribution >= 4 is 50.6 Å². The van der Waals surface area contributed by atoms with Crippen molar-refractivity contribution < 1.29 is 4.79 Å². The quantitative estimate of drug-likeness (QED) is 0.298. The number of aromatic nitrogens is 2. The summed E-state index contributed by atoms with van der Waals surface area (Å²) in [6.07, 6.45) is 1.66. The third-order valence-corrected chi connectivity index (χ3v) is 6.42. The highest BCUT2D eigenvalue weighted by Crippen LogP contribution is 2.23. The summed E-state index contributed by atoms with van der Waals surface area (Å²) in [6, 6.07) is 10.0. The molecule has 0 unspecified atom stereocenters. The minimum absolute atomic E-state index is 0.106. The van der Waals surface area contributed by atoms with E-state index in [4.69, 9.17) is 0 Å². The monoisotopic (exact) mass is 442 g/mol. The summed E-state index contributed by atoms with van der Waals surface area (Å²) in [6.45, 7) is 11.4. The first-order valence-electron chi connectivity index (χ1n) is 9.82. The minimum Gasteiger partial charge on any atom is -0.369 e. The Hall–Kier alpha value is -2.58. The molecule has 1 amide bonds. The van der Waals surface area contributed by atoms with Crippen LogP contribution >= 0.6 is 23.1 Å². The van der Waals surface area contributed by atoms with Gasteiger partial charge in [0.2, 0.25) is 5.91 Å². The first kappa shape index (κ1) is 22.1. The van der Waals surface area contributed by atoms with Gasteiger partial charge in [-0.3, -0.25) is 14.2 Å². The van der Waals surface area contributed by atoms with Crippen LogP contribution in [0.2, 0.25) is 0 Å². The van der Waals surface area contributed by atoms with E-state index in [-0.39, 0.29) is 17.2 Å². The zero-order chi connectivity index (χ0) is 21.7. The van der Waals surface area contributed by atoms with Crippen LogP contribution in [0.3, 0.4) is 0 Å². The fraction of sp³-hybridized carbons (Fsp3) is 0.318. The van der Waals surface area contributed by atoms with Gasteiger partial charge in [-0.1, -0.05) is 17.8 Å². The average molecular weight is 443 g/mol. The molecule has 0 aliphatic heterocycles. The highest BCUT2D eigenvalue weighted by molar-refractivity contribution is 7.99. The molecule has 1 N–H and O–H groups in total. The summed E-state index contributed by atoms with van der Waals surface area (Å²) in [5.41, 5.74) is 1.77. The van der Waals surface area contributed by atoms with E-state index in [0.29, 0.717) is 28.0 Å². The molecule has 0 atom stereocenters. The number of rotatable bonds is 9. The Kier molecular flexibility index (Phi) is 7.33. The first-order valence-corrected chi connectivity index (χ1v) is 11.7. The molecule has 8 heteroatoms. The number of anilines is 2. The predicted molar refractivity (Wildman–Crippen MR) is 128 cm³/mol. The summed E-state index contributed by atoms with van der Waals surface area (Å²) >= 11 is 2.67. The van der Waals surface area contributed by atoms with Crippen molar-refractivity contribution in [1.29, 1.82) is 0 Å². The normalized spacial score (nSPS) is 11.1. The molecule has 0 bridgehead atoms. The van der Waals surface area contributed by atoms with Crippen molar-refractivity contribution in [3.63, 3.8) is 0 Å². The molecule has 2 heterocycles. The number of nitrogens with zero attached hydrogens (tertiary/aromatic N) is 3. The highest BCUT2D eigenvalue weighted by Gasteiger charge is 2.14. The van der Waals surface area contributed by atoms with E-state index in [0.717, 1.165) is 17.9 Å². The lowest BCUT2D eigenvalue weighted by Gasteiger charge is -2.27. The summed E-state index contributed by atoms with van der Waals surface area (Å²) in [5.74, 6) is 0.0181. The van der Waals surface area contributed by atoms with Crippen LogP contribution in [0.15, 0.2) is 58.3 Å².